The number of benzene rings is 1. The summed E-state index contributed by atoms with van der Waals surface area (Å²) in [5.74, 6) is -1.96. The Morgan fingerprint density at radius 1 is 1.28 bits per heavy atom. The number of hydrogen-bond donors (Lipinski definition) is 3. The molecule has 0 radical (unpaired) electrons. The zero-order chi connectivity index (χ0) is 27.4. The second kappa shape index (κ2) is 8.33. The van der Waals surface area contributed by atoms with E-state index >= 15 is 0 Å². The lowest BCUT2D eigenvalue weighted by Gasteiger charge is -2.31. The van der Waals surface area contributed by atoms with Crippen LogP contribution in [0, 0.1) is 11.7 Å². The van der Waals surface area contributed by atoms with Crippen LogP contribution in [0.4, 0.5) is 4.39 Å². The van der Waals surface area contributed by atoms with Crippen molar-refractivity contribution in [2.75, 3.05) is 0 Å². The number of pyridine rings is 2. The summed E-state index contributed by atoms with van der Waals surface area (Å²) in [6, 6.07) is 2.32. The molecule has 1 aromatic carbocycles. The molecule has 3 aromatic rings. The first kappa shape index (κ1) is 24.7. The van der Waals surface area contributed by atoms with E-state index in [4.69, 9.17) is 21.3 Å². The highest BCUT2D eigenvalue weighted by atomic mass is 35.5. The monoisotopic (exact) mass is 553 g/mol. The maximum absolute atomic E-state index is 14.9. The Bertz CT molecular complexity index is 1700. The van der Waals surface area contributed by atoms with Gasteiger partial charge in [-0.3, -0.25) is 9.59 Å². The third-order valence-electron chi connectivity index (χ3n) is 8.70. The van der Waals surface area contributed by atoms with Crippen molar-refractivity contribution in [2.45, 2.75) is 69.9 Å². The number of carbonyl (C=O) groups is 2. The van der Waals surface area contributed by atoms with E-state index in [2.05, 4.69) is 5.32 Å². The number of ether oxygens (including phenoxy) is 1. The van der Waals surface area contributed by atoms with E-state index in [1.165, 1.54) is 10.6 Å². The minimum atomic E-state index is -1.97. The fourth-order valence-electron chi connectivity index (χ4n) is 6.38. The van der Waals surface area contributed by atoms with Gasteiger partial charge >= 0.3 is 5.97 Å². The van der Waals surface area contributed by atoms with Crippen molar-refractivity contribution in [2.24, 2.45) is 5.92 Å². The van der Waals surface area contributed by atoms with Crippen LogP contribution >= 0.6 is 11.6 Å². The molecule has 39 heavy (non-hydrogen) atoms. The number of fused-ring (bicyclic) bond motifs is 5. The standard InChI is InChI=1S/C28H25ClFN3O6/c1-2-28(38)15-7-19-23-13(9-33(19)26(36)14(15)10-39-27(28)37)21-17(32-25(35)24(34)11-3-4-11)6-5-12-20(21)18(31-23)8-16(30)22(12)29/h7-8,11,17,24,34,38H,2-6,9-10H2,1H3,(H,32,35)/t17-,24?,28-/m0/s1. The van der Waals surface area contributed by atoms with Crippen LogP contribution in [0.25, 0.3) is 22.3 Å². The number of cyclic esters (lactones) is 1. The summed E-state index contributed by atoms with van der Waals surface area (Å²) in [6.07, 6.45) is 1.31. The Morgan fingerprint density at radius 2 is 2.05 bits per heavy atom. The molecular weight excluding hydrogens is 529 g/mol. The van der Waals surface area contributed by atoms with Gasteiger partial charge in [-0.05, 0) is 55.2 Å². The Balaban J connectivity index is 1.46. The first-order valence-corrected chi connectivity index (χ1v) is 13.5. The lowest BCUT2D eigenvalue weighted by atomic mass is 9.83. The molecule has 0 spiro atoms. The third-order valence-corrected chi connectivity index (χ3v) is 9.10. The molecule has 3 atom stereocenters. The highest BCUT2D eigenvalue weighted by molar-refractivity contribution is 6.32. The van der Waals surface area contributed by atoms with E-state index in [-0.39, 0.29) is 41.6 Å². The Labute approximate surface area is 226 Å². The van der Waals surface area contributed by atoms with Gasteiger partial charge in [-0.15, -0.1) is 0 Å². The number of nitrogens with one attached hydrogen (secondary N) is 1. The van der Waals surface area contributed by atoms with Crippen molar-refractivity contribution in [3.05, 3.63) is 61.1 Å². The number of aromatic nitrogens is 2. The molecule has 7 rings (SSSR count). The quantitative estimate of drug-likeness (QED) is 0.331. The van der Waals surface area contributed by atoms with Crippen LogP contribution in [0.15, 0.2) is 16.9 Å². The van der Waals surface area contributed by atoms with Crippen LogP contribution in [-0.2, 0) is 39.5 Å². The second-order valence-corrected chi connectivity index (χ2v) is 11.3. The average molecular weight is 554 g/mol. The molecule has 9 nitrogen and oxygen atoms in total. The number of rotatable bonds is 4. The number of halogens is 2. The van der Waals surface area contributed by atoms with E-state index in [0.717, 1.165) is 12.8 Å². The fourth-order valence-corrected chi connectivity index (χ4v) is 6.63. The van der Waals surface area contributed by atoms with Crippen molar-refractivity contribution in [1.29, 1.82) is 0 Å². The maximum atomic E-state index is 14.9. The van der Waals surface area contributed by atoms with Gasteiger partial charge in [-0.1, -0.05) is 18.5 Å². The van der Waals surface area contributed by atoms with Crippen LogP contribution in [0.3, 0.4) is 0 Å². The van der Waals surface area contributed by atoms with Gasteiger partial charge in [-0.2, -0.15) is 0 Å². The molecule has 4 heterocycles. The maximum Gasteiger partial charge on any atom is 0.343 e. The second-order valence-electron chi connectivity index (χ2n) is 10.9. The molecule has 3 N–H and O–H groups in total. The number of hydrogen-bond acceptors (Lipinski definition) is 7. The van der Waals surface area contributed by atoms with E-state index in [9.17, 15) is 29.0 Å². The first-order valence-electron chi connectivity index (χ1n) is 13.1. The highest BCUT2D eigenvalue weighted by Crippen LogP contribution is 2.47. The summed E-state index contributed by atoms with van der Waals surface area (Å²) in [4.78, 5) is 43.8. The molecule has 2 aromatic heterocycles. The SMILES string of the molecule is CC[C@@]1(O)C(=O)OCc2c1cc1n(c2=O)Cc2c-1nc1cc(F)c(Cl)c3c1c2[C@@H](NC(=O)C(O)C1CC1)CC3. The minimum absolute atomic E-state index is 0.0000971. The van der Waals surface area contributed by atoms with Crippen molar-refractivity contribution < 1.29 is 28.9 Å². The van der Waals surface area contributed by atoms with Crippen LogP contribution in [0.2, 0.25) is 5.02 Å². The van der Waals surface area contributed by atoms with Gasteiger partial charge in [0, 0.05) is 22.6 Å². The number of aryl methyl sites for hydroxylation is 1. The van der Waals surface area contributed by atoms with E-state index in [0.29, 0.717) is 51.8 Å². The van der Waals surface area contributed by atoms with Crippen LogP contribution in [0.5, 0.6) is 0 Å². The van der Waals surface area contributed by atoms with Crippen molar-refractivity contribution >= 4 is 34.4 Å². The van der Waals surface area contributed by atoms with Crippen LogP contribution in [0.1, 0.15) is 66.5 Å². The van der Waals surface area contributed by atoms with Crippen molar-refractivity contribution in [1.82, 2.24) is 14.9 Å². The number of carbonyl (C=O) groups excluding carboxylic acids is 2. The summed E-state index contributed by atoms with van der Waals surface area (Å²) in [5.41, 5.74) is 1.06. The molecule has 1 fully saturated rings. The lowest BCUT2D eigenvalue weighted by molar-refractivity contribution is -0.172. The van der Waals surface area contributed by atoms with Gasteiger partial charge in [0.15, 0.2) is 5.60 Å². The molecule has 0 saturated heterocycles. The summed E-state index contributed by atoms with van der Waals surface area (Å²) in [7, 11) is 0. The third kappa shape index (κ3) is 3.38. The minimum Gasteiger partial charge on any atom is -0.458 e. The van der Waals surface area contributed by atoms with Gasteiger partial charge < -0.3 is 24.8 Å². The van der Waals surface area contributed by atoms with Gasteiger partial charge in [0.2, 0.25) is 5.91 Å². The first-order chi connectivity index (χ1) is 18.6. The number of aliphatic hydroxyl groups is 2. The van der Waals surface area contributed by atoms with Crippen LogP contribution in [-0.4, -0.2) is 37.7 Å². The van der Waals surface area contributed by atoms with Crippen LogP contribution < -0.4 is 10.9 Å². The Kier molecular flexibility index (Phi) is 5.27. The van der Waals surface area contributed by atoms with E-state index in [1.54, 1.807) is 13.0 Å². The van der Waals surface area contributed by atoms with E-state index in [1.807, 2.05) is 0 Å². The Morgan fingerprint density at radius 3 is 2.77 bits per heavy atom. The van der Waals surface area contributed by atoms with Crippen molar-refractivity contribution in [3.8, 4) is 11.4 Å². The topological polar surface area (TPSA) is 131 Å². The average Bonchev–Trinajstić information content (AvgIpc) is 3.71. The largest absolute Gasteiger partial charge is 0.458 e. The zero-order valence-corrected chi connectivity index (χ0v) is 21.8. The number of esters is 1. The number of aliphatic hydroxyl groups excluding tert-OH is 1. The summed E-state index contributed by atoms with van der Waals surface area (Å²) in [5, 5.41) is 25.2. The molecule has 1 saturated carbocycles. The molecule has 11 heteroatoms. The fraction of sp³-hybridized carbons (Fsp3) is 0.429. The van der Waals surface area contributed by atoms with Crippen molar-refractivity contribution in [3.63, 3.8) is 0 Å². The molecule has 2 aliphatic carbocycles. The lowest BCUT2D eigenvalue weighted by Crippen LogP contribution is -2.44. The predicted octanol–water partition coefficient (Wildman–Crippen LogP) is 2.75. The molecule has 2 aliphatic heterocycles. The molecular formula is C28H25ClFN3O6. The normalized spacial score (nSPS) is 23.6. The zero-order valence-electron chi connectivity index (χ0n) is 21.0. The summed E-state index contributed by atoms with van der Waals surface area (Å²) in [6.45, 7) is 1.50. The molecule has 202 valence electrons. The number of nitrogens with zero attached hydrogens (tertiary/aromatic N) is 2. The molecule has 0 bridgehead atoms. The van der Waals surface area contributed by atoms with Gasteiger partial charge in [0.1, 0.15) is 18.5 Å². The Hall–Kier alpha value is -3.34. The highest BCUT2D eigenvalue weighted by Gasteiger charge is 2.46. The summed E-state index contributed by atoms with van der Waals surface area (Å²) >= 11 is 6.39. The van der Waals surface area contributed by atoms with Gasteiger partial charge in [0.05, 0.1) is 40.1 Å². The number of amides is 1. The predicted molar refractivity (Wildman–Crippen MR) is 137 cm³/mol. The molecule has 4 aliphatic rings. The van der Waals surface area contributed by atoms with Gasteiger partial charge in [0.25, 0.3) is 5.56 Å². The summed E-state index contributed by atoms with van der Waals surface area (Å²) < 4.78 is 21.5. The molecule has 1 unspecified atom stereocenters. The van der Waals surface area contributed by atoms with Gasteiger partial charge in [-0.25, -0.2) is 14.2 Å². The van der Waals surface area contributed by atoms with E-state index < -0.39 is 41.0 Å². The molecule has 1 amide bonds. The smallest absolute Gasteiger partial charge is 0.343 e.